The van der Waals surface area contributed by atoms with Crippen LogP contribution in [0, 0.1) is 5.92 Å². The molecule has 1 saturated carbocycles. The number of carbonyl (C=O) groups is 2. The van der Waals surface area contributed by atoms with E-state index >= 15 is 0 Å². The zero-order chi connectivity index (χ0) is 9.14. The molecule has 1 aliphatic rings. The summed E-state index contributed by atoms with van der Waals surface area (Å²) < 4.78 is 0. The summed E-state index contributed by atoms with van der Waals surface area (Å²) in [6.07, 6.45) is 2.45. The van der Waals surface area contributed by atoms with Gasteiger partial charge in [-0.2, -0.15) is 0 Å². The lowest BCUT2D eigenvalue weighted by atomic mass is 10.2. The van der Waals surface area contributed by atoms with Crippen LogP contribution >= 0.6 is 0 Å². The Morgan fingerprint density at radius 2 is 2.17 bits per heavy atom. The van der Waals surface area contributed by atoms with Crippen molar-refractivity contribution >= 4 is 11.8 Å². The van der Waals surface area contributed by atoms with Crippen molar-refractivity contribution in [1.82, 2.24) is 5.32 Å². The van der Waals surface area contributed by atoms with Crippen LogP contribution in [0.25, 0.3) is 0 Å². The van der Waals surface area contributed by atoms with E-state index < -0.39 is 11.9 Å². The van der Waals surface area contributed by atoms with Gasteiger partial charge in [0.25, 0.3) is 0 Å². The Labute approximate surface area is 71.5 Å². The predicted octanol–water partition coefficient (Wildman–Crippen LogP) is -0.223. The van der Waals surface area contributed by atoms with E-state index in [9.17, 15) is 9.59 Å². The van der Waals surface area contributed by atoms with Crippen LogP contribution in [0.3, 0.4) is 0 Å². The Balaban J connectivity index is 2.35. The smallest absolute Gasteiger partial charge is 0.239 e. The number of amides is 2. The van der Waals surface area contributed by atoms with Crippen LogP contribution in [0.1, 0.15) is 26.2 Å². The van der Waals surface area contributed by atoms with Crippen LogP contribution < -0.4 is 11.1 Å². The zero-order valence-corrected chi connectivity index (χ0v) is 7.17. The van der Waals surface area contributed by atoms with Crippen LogP contribution in [0.2, 0.25) is 0 Å². The van der Waals surface area contributed by atoms with Crippen molar-refractivity contribution in [3.63, 3.8) is 0 Å². The maximum Gasteiger partial charge on any atom is 0.239 e. The molecule has 0 unspecified atom stereocenters. The lowest BCUT2D eigenvalue weighted by Gasteiger charge is -2.12. The predicted molar refractivity (Wildman–Crippen MR) is 44.1 cm³/mol. The number of hydrogen-bond donors (Lipinski definition) is 2. The van der Waals surface area contributed by atoms with Crippen molar-refractivity contribution in [2.24, 2.45) is 11.7 Å². The lowest BCUT2D eigenvalue weighted by molar-refractivity contribution is -0.128. The quantitative estimate of drug-likeness (QED) is 0.612. The van der Waals surface area contributed by atoms with Gasteiger partial charge in [-0.15, -0.1) is 0 Å². The fraction of sp³-hybridized carbons (Fsp3) is 0.750. The number of nitrogens with one attached hydrogen (secondary N) is 1. The topological polar surface area (TPSA) is 72.2 Å². The van der Waals surface area contributed by atoms with Gasteiger partial charge in [-0.1, -0.05) is 6.92 Å². The van der Waals surface area contributed by atoms with E-state index in [1.165, 1.54) is 0 Å². The number of hydrogen-bond acceptors (Lipinski definition) is 2. The molecule has 0 bridgehead atoms. The standard InChI is InChI=1S/C8H14N2O2/c1-2-6(7(9)11)10-8(12)5-3-4-5/h5-6H,2-4H2,1H3,(H2,9,11)(H,10,12)/t6-/m1/s1. The van der Waals surface area contributed by atoms with Gasteiger partial charge in [0.1, 0.15) is 6.04 Å². The minimum atomic E-state index is -0.488. The van der Waals surface area contributed by atoms with E-state index in [1.54, 1.807) is 0 Å². The molecule has 12 heavy (non-hydrogen) atoms. The van der Waals surface area contributed by atoms with E-state index in [-0.39, 0.29) is 11.8 Å². The lowest BCUT2D eigenvalue weighted by Crippen LogP contribution is -2.44. The largest absolute Gasteiger partial charge is 0.368 e. The third-order valence-corrected chi connectivity index (χ3v) is 2.02. The van der Waals surface area contributed by atoms with Crippen LogP contribution in [-0.4, -0.2) is 17.9 Å². The number of carbonyl (C=O) groups excluding carboxylic acids is 2. The van der Waals surface area contributed by atoms with Gasteiger partial charge in [-0.25, -0.2) is 0 Å². The van der Waals surface area contributed by atoms with E-state index in [2.05, 4.69) is 5.32 Å². The minimum absolute atomic E-state index is 0.0272. The van der Waals surface area contributed by atoms with Gasteiger partial charge in [-0.05, 0) is 19.3 Å². The SMILES string of the molecule is CC[C@@H](NC(=O)C1CC1)C(N)=O. The normalized spacial score (nSPS) is 18.4. The summed E-state index contributed by atoms with van der Waals surface area (Å²) in [5.74, 6) is -0.342. The van der Waals surface area contributed by atoms with Crippen LogP contribution in [-0.2, 0) is 9.59 Å². The Morgan fingerprint density at radius 1 is 1.58 bits per heavy atom. The van der Waals surface area contributed by atoms with E-state index in [1.807, 2.05) is 6.92 Å². The van der Waals surface area contributed by atoms with Crippen LogP contribution in [0.5, 0.6) is 0 Å². The second-order valence-electron chi connectivity index (χ2n) is 3.15. The van der Waals surface area contributed by atoms with Gasteiger partial charge in [0, 0.05) is 5.92 Å². The average Bonchev–Trinajstić information content (AvgIpc) is 2.80. The summed E-state index contributed by atoms with van der Waals surface area (Å²) >= 11 is 0. The highest BCUT2D eigenvalue weighted by Gasteiger charge is 2.31. The summed E-state index contributed by atoms with van der Waals surface area (Å²) in [5, 5.41) is 2.61. The van der Waals surface area contributed by atoms with Gasteiger partial charge >= 0.3 is 0 Å². The molecule has 0 aromatic heterocycles. The molecule has 1 fully saturated rings. The summed E-state index contributed by atoms with van der Waals surface area (Å²) in [6.45, 7) is 1.82. The van der Waals surface area contributed by atoms with Crippen molar-refractivity contribution in [2.75, 3.05) is 0 Å². The summed E-state index contributed by atoms with van der Waals surface area (Å²) in [4.78, 5) is 21.9. The highest BCUT2D eigenvalue weighted by Crippen LogP contribution is 2.28. The first-order valence-corrected chi connectivity index (χ1v) is 4.24. The van der Waals surface area contributed by atoms with Crippen molar-refractivity contribution in [3.8, 4) is 0 Å². The molecule has 68 valence electrons. The summed E-state index contributed by atoms with van der Waals surface area (Å²) in [5.41, 5.74) is 5.06. The third kappa shape index (κ3) is 2.22. The number of primary amides is 1. The molecule has 0 saturated heterocycles. The zero-order valence-electron chi connectivity index (χ0n) is 7.17. The molecule has 2 amide bonds. The van der Waals surface area contributed by atoms with E-state index in [0.29, 0.717) is 6.42 Å². The molecule has 1 aliphatic carbocycles. The summed E-state index contributed by atoms with van der Waals surface area (Å²) in [6, 6.07) is -0.488. The molecule has 4 nitrogen and oxygen atoms in total. The molecule has 0 aromatic carbocycles. The van der Waals surface area contributed by atoms with Crippen LogP contribution in [0.4, 0.5) is 0 Å². The van der Waals surface area contributed by atoms with Gasteiger partial charge in [0.2, 0.25) is 11.8 Å². The van der Waals surface area contributed by atoms with Crippen LogP contribution in [0.15, 0.2) is 0 Å². The molecule has 0 spiro atoms. The Morgan fingerprint density at radius 3 is 2.50 bits per heavy atom. The highest BCUT2D eigenvalue weighted by molar-refractivity contribution is 5.88. The maximum atomic E-state index is 11.2. The number of rotatable bonds is 4. The van der Waals surface area contributed by atoms with Gasteiger partial charge in [0.05, 0.1) is 0 Å². The van der Waals surface area contributed by atoms with Crippen molar-refractivity contribution in [1.29, 1.82) is 0 Å². The molecule has 0 aromatic rings. The van der Waals surface area contributed by atoms with Crippen molar-refractivity contribution < 1.29 is 9.59 Å². The molecule has 0 heterocycles. The second kappa shape index (κ2) is 3.56. The minimum Gasteiger partial charge on any atom is -0.368 e. The Bertz CT molecular complexity index is 199. The third-order valence-electron chi connectivity index (χ3n) is 2.02. The monoisotopic (exact) mass is 170 g/mol. The Hall–Kier alpha value is -1.06. The molecule has 1 rings (SSSR count). The van der Waals surface area contributed by atoms with E-state index in [4.69, 9.17) is 5.73 Å². The fourth-order valence-corrected chi connectivity index (χ4v) is 1.01. The molecule has 3 N–H and O–H groups in total. The van der Waals surface area contributed by atoms with Gasteiger partial charge in [-0.3, -0.25) is 9.59 Å². The molecule has 4 heteroatoms. The second-order valence-corrected chi connectivity index (χ2v) is 3.15. The summed E-state index contributed by atoms with van der Waals surface area (Å²) in [7, 11) is 0. The Kier molecular flexibility index (Phi) is 2.68. The average molecular weight is 170 g/mol. The first kappa shape index (κ1) is 9.03. The molecule has 1 atom stereocenters. The molecule has 0 aliphatic heterocycles. The first-order chi connectivity index (χ1) is 5.65. The van der Waals surface area contributed by atoms with Gasteiger partial charge < -0.3 is 11.1 Å². The molecular weight excluding hydrogens is 156 g/mol. The number of nitrogens with two attached hydrogens (primary N) is 1. The molecular formula is C8H14N2O2. The van der Waals surface area contributed by atoms with Crippen molar-refractivity contribution in [2.45, 2.75) is 32.2 Å². The van der Waals surface area contributed by atoms with Crippen molar-refractivity contribution in [3.05, 3.63) is 0 Å². The fourth-order valence-electron chi connectivity index (χ4n) is 1.01. The molecule has 0 radical (unpaired) electrons. The first-order valence-electron chi connectivity index (χ1n) is 4.24. The van der Waals surface area contributed by atoms with E-state index in [0.717, 1.165) is 12.8 Å². The highest BCUT2D eigenvalue weighted by atomic mass is 16.2. The maximum absolute atomic E-state index is 11.2. The van der Waals surface area contributed by atoms with Gasteiger partial charge in [0.15, 0.2) is 0 Å².